The first-order valence-electron chi connectivity index (χ1n) is 8.93. The zero-order chi connectivity index (χ0) is 16.1. The predicted molar refractivity (Wildman–Crippen MR) is 91.9 cm³/mol. The Hall–Kier alpha value is -1.55. The second kappa shape index (κ2) is 7.82. The minimum Gasteiger partial charge on any atom is -0.496 e. The molecule has 0 atom stereocenters. The van der Waals surface area contributed by atoms with Gasteiger partial charge in [-0.2, -0.15) is 0 Å². The van der Waals surface area contributed by atoms with Crippen LogP contribution >= 0.6 is 0 Å². The Kier molecular flexibility index (Phi) is 5.55. The molecule has 1 aromatic rings. The molecule has 23 heavy (non-hydrogen) atoms. The van der Waals surface area contributed by atoms with Gasteiger partial charge in [-0.25, -0.2) is 0 Å². The van der Waals surface area contributed by atoms with Crippen LogP contribution < -0.4 is 15.4 Å². The van der Waals surface area contributed by atoms with E-state index in [1.807, 2.05) is 0 Å². The molecule has 1 saturated heterocycles. The molecule has 2 fully saturated rings. The number of methoxy groups -OCH3 is 1. The number of carbonyl (C=O) groups is 1. The first-order chi connectivity index (χ1) is 11.3. The average Bonchev–Trinajstić information content (AvgIpc) is 3.09. The Morgan fingerprint density at radius 3 is 2.65 bits per heavy atom. The van der Waals surface area contributed by atoms with Crippen LogP contribution in [0.4, 0.5) is 0 Å². The molecule has 4 nitrogen and oxygen atoms in total. The fraction of sp³-hybridized carbons (Fsp3) is 0.632. The Morgan fingerprint density at radius 1 is 1.22 bits per heavy atom. The number of benzene rings is 1. The number of amides is 1. The van der Waals surface area contributed by atoms with Gasteiger partial charge in [0.15, 0.2) is 0 Å². The van der Waals surface area contributed by atoms with Gasteiger partial charge in [0.25, 0.3) is 0 Å². The van der Waals surface area contributed by atoms with E-state index < -0.39 is 0 Å². The minimum atomic E-state index is 0.116. The molecular weight excluding hydrogens is 288 g/mol. The van der Waals surface area contributed by atoms with Gasteiger partial charge in [-0.1, -0.05) is 25.0 Å². The topological polar surface area (TPSA) is 50.4 Å². The molecule has 3 rings (SSSR count). The molecule has 0 unspecified atom stereocenters. The molecule has 0 spiro atoms. The van der Waals surface area contributed by atoms with Gasteiger partial charge in [-0.15, -0.1) is 0 Å². The summed E-state index contributed by atoms with van der Waals surface area (Å²) in [5, 5.41) is 6.55. The van der Waals surface area contributed by atoms with Crippen LogP contribution in [0.3, 0.4) is 0 Å². The van der Waals surface area contributed by atoms with Gasteiger partial charge >= 0.3 is 0 Å². The summed E-state index contributed by atoms with van der Waals surface area (Å²) in [6.07, 6.45) is 7.47. The number of nitrogens with one attached hydrogen (secondary N) is 2. The summed E-state index contributed by atoms with van der Waals surface area (Å²) in [6, 6.07) is 6.76. The molecule has 2 aliphatic rings. The molecule has 1 aliphatic heterocycles. The summed E-state index contributed by atoms with van der Waals surface area (Å²) >= 11 is 0. The van der Waals surface area contributed by atoms with E-state index in [4.69, 9.17) is 4.74 Å². The summed E-state index contributed by atoms with van der Waals surface area (Å²) in [6.45, 7) is 2.16. The average molecular weight is 316 g/mol. The maximum absolute atomic E-state index is 12.2. The molecule has 1 aliphatic carbocycles. The fourth-order valence-corrected chi connectivity index (χ4v) is 3.84. The summed E-state index contributed by atoms with van der Waals surface area (Å²) in [4.78, 5) is 12.2. The van der Waals surface area contributed by atoms with Crippen LogP contribution in [0.2, 0.25) is 0 Å². The van der Waals surface area contributed by atoms with Gasteiger partial charge in [0.05, 0.1) is 13.5 Å². The number of ether oxygens (including phenoxy) is 1. The third-order valence-electron chi connectivity index (χ3n) is 5.19. The quantitative estimate of drug-likeness (QED) is 0.878. The molecule has 1 amide bonds. The lowest BCUT2D eigenvalue weighted by Gasteiger charge is -2.24. The second-order valence-corrected chi connectivity index (χ2v) is 6.82. The molecule has 4 heteroatoms. The minimum absolute atomic E-state index is 0.116. The molecule has 1 aromatic carbocycles. The number of carbonyl (C=O) groups excluding carboxylic acids is 1. The van der Waals surface area contributed by atoms with Crippen LogP contribution in [0.1, 0.15) is 55.6 Å². The van der Waals surface area contributed by atoms with E-state index in [-0.39, 0.29) is 5.91 Å². The van der Waals surface area contributed by atoms with E-state index in [0.29, 0.717) is 18.4 Å². The molecule has 1 heterocycles. The van der Waals surface area contributed by atoms with Gasteiger partial charge in [0.2, 0.25) is 5.91 Å². The Morgan fingerprint density at radius 2 is 1.96 bits per heavy atom. The Labute approximate surface area is 139 Å². The van der Waals surface area contributed by atoms with E-state index in [1.54, 1.807) is 7.11 Å². The van der Waals surface area contributed by atoms with Crippen molar-refractivity contribution in [1.82, 2.24) is 10.6 Å². The van der Waals surface area contributed by atoms with E-state index >= 15 is 0 Å². The highest BCUT2D eigenvalue weighted by Crippen LogP contribution is 2.30. The molecule has 126 valence electrons. The van der Waals surface area contributed by atoms with Crippen molar-refractivity contribution < 1.29 is 9.53 Å². The molecule has 0 radical (unpaired) electrons. The van der Waals surface area contributed by atoms with Gasteiger partial charge in [-0.05, 0) is 56.3 Å². The van der Waals surface area contributed by atoms with Crippen molar-refractivity contribution >= 4 is 5.91 Å². The third-order valence-corrected chi connectivity index (χ3v) is 5.19. The zero-order valence-electron chi connectivity index (χ0n) is 14.1. The van der Waals surface area contributed by atoms with Crippen molar-refractivity contribution in [3.05, 3.63) is 29.3 Å². The molecule has 2 N–H and O–H groups in total. The van der Waals surface area contributed by atoms with E-state index in [9.17, 15) is 4.79 Å². The van der Waals surface area contributed by atoms with Crippen molar-refractivity contribution in [3.63, 3.8) is 0 Å². The largest absolute Gasteiger partial charge is 0.496 e. The first-order valence-corrected chi connectivity index (χ1v) is 8.93. The summed E-state index contributed by atoms with van der Waals surface area (Å²) in [5.74, 6) is 1.57. The molecule has 1 saturated carbocycles. The van der Waals surface area contributed by atoms with Crippen molar-refractivity contribution in [2.24, 2.45) is 0 Å². The summed E-state index contributed by atoms with van der Waals surface area (Å²) in [7, 11) is 1.69. The van der Waals surface area contributed by atoms with Crippen molar-refractivity contribution in [1.29, 1.82) is 0 Å². The lowest BCUT2D eigenvalue weighted by molar-refractivity contribution is -0.121. The van der Waals surface area contributed by atoms with Crippen LogP contribution in [0.15, 0.2) is 18.2 Å². The monoisotopic (exact) mass is 316 g/mol. The molecular formula is C19H28N2O2. The maximum Gasteiger partial charge on any atom is 0.224 e. The van der Waals surface area contributed by atoms with Crippen LogP contribution in [-0.2, 0) is 11.2 Å². The number of hydrogen-bond donors (Lipinski definition) is 2. The highest BCUT2D eigenvalue weighted by Gasteiger charge is 2.20. The highest BCUT2D eigenvalue weighted by molar-refractivity contribution is 5.79. The zero-order valence-corrected chi connectivity index (χ0v) is 14.1. The third kappa shape index (κ3) is 4.25. The highest BCUT2D eigenvalue weighted by atomic mass is 16.5. The van der Waals surface area contributed by atoms with E-state index in [2.05, 4.69) is 28.8 Å². The first kappa shape index (κ1) is 16.3. The number of rotatable bonds is 5. The molecule has 0 aromatic heterocycles. The smallest absolute Gasteiger partial charge is 0.224 e. The summed E-state index contributed by atoms with van der Waals surface area (Å²) in [5.41, 5.74) is 2.32. The fourth-order valence-electron chi connectivity index (χ4n) is 3.84. The van der Waals surface area contributed by atoms with Gasteiger partial charge in [0.1, 0.15) is 5.75 Å². The van der Waals surface area contributed by atoms with Gasteiger partial charge in [-0.3, -0.25) is 4.79 Å². The van der Waals surface area contributed by atoms with Gasteiger partial charge < -0.3 is 15.4 Å². The van der Waals surface area contributed by atoms with Gasteiger partial charge in [0, 0.05) is 11.6 Å². The van der Waals surface area contributed by atoms with Crippen LogP contribution in [0.5, 0.6) is 5.75 Å². The van der Waals surface area contributed by atoms with E-state index in [0.717, 1.165) is 37.2 Å². The number of piperidine rings is 1. The standard InChI is InChI=1S/C19H28N2O2/c1-23-18-12-15(14-8-10-20-11-9-14)6-7-16(18)13-19(22)21-17-4-2-3-5-17/h6-7,12,14,17,20H,2-5,8-11,13H2,1H3,(H,21,22). The summed E-state index contributed by atoms with van der Waals surface area (Å²) < 4.78 is 5.55. The van der Waals surface area contributed by atoms with E-state index in [1.165, 1.54) is 31.2 Å². The normalized spacial score (nSPS) is 19.7. The molecule has 0 bridgehead atoms. The second-order valence-electron chi connectivity index (χ2n) is 6.82. The Balaban J connectivity index is 1.65. The SMILES string of the molecule is COc1cc(C2CCNCC2)ccc1CC(=O)NC1CCCC1. The predicted octanol–water partition coefficient (Wildman–Crippen LogP) is 2.76. The number of hydrogen-bond acceptors (Lipinski definition) is 3. The van der Waals surface area contributed by atoms with Crippen LogP contribution in [0.25, 0.3) is 0 Å². The van der Waals surface area contributed by atoms with Crippen LogP contribution in [-0.4, -0.2) is 32.1 Å². The maximum atomic E-state index is 12.2. The van der Waals surface area contributed by atoms with Crippen molar-refractivity contribution in [2.75, 3.05) is 20.2 Å². The van der Waals surface area contributed by atoms with Crippen LogP contribution in [0, 0.1) is 0 Å². The van der Waals surface area contributed by atoms with Crippen molar-refractivity contribution in [2.45, 2.75) is 56.9 Å². The lowest BCUT2D eigenvalue weighted by atomic mass is 9.89. The Bertz CT molecular complexity index is 532. The lowest BCUT2D eigenvalue weighted by Crippen LogP contribution is -2.33. The van der Waals surface area contributed by atoms with Crippen molar-refractivity contribution in [3.8, 4) is 5.75 Å².